The van der Waals surface area contributed by atoms with Gasteiger partial charge in [0.15, 0.2) is 6.29 Å². The minimum absolute atomic E-state index is 0.0110. The predicted octanol–water partition coefficient (Wildman–Crippen LogP) is 3.31. The molecule has 126 valence electrons. The van der Waals surface area contributed by atoms with Crippen LogP contribution >= 0.6 is 23.2 Å². The monoisotopic (exact) mass is 388 g/mol. The van der Waals surface area contributed by atoms with Crippen LogP contribution < -0.4 is 4.72 Å². The van der Waals surface area contributed by atoms with E-state index in [0.717, 1.165) is 0 Å². The molecule has 0 amide bonds. The first-order valence-electron chi connectivity index (χ1n) is 6.41. The Morgan fingerprint density at radius 3 is 2.25 bits per heavy atom. The fraction of sp³-hybridized carbons (Fsp3) is 0.0714. The number of carbonyl (C=O) groups is 1. The third kappa shape index (κ3) is 4.02. The smallest absolute Gasteiger partial charge is 0.293 e. The van der Waals surface area contributed by atoms with Gasteiger partial charge in [0, 0.05) is 9.95 Å². The first-order chi connectivity index (χ1) is 11.2. The van der Waals surface area contributed by atoms with Crippen molar-refractivity contribution in [1.29, 1.82) is 0 Å². The van der Waals surface area contributed by atoms with Gasteiger partial charge >= 0.3 is 0 Å². The summed E-state index contributed by atoms with van der Waals surface area (Å²) < 4.78 is 26.8. The van der Waals surface area contributed by atoms with Crippen molar-refractivity contribution >= 4 is 45.2 Å². The van der Waals surface area contributed by atoms with E-state index in [4.69, 9.17) is 23.2 Å². The van der Waals surface area contributed by atoms with E-state index in [1.807, 2.05) is 0 Å². The van der Waals surface area contributed by atoms with E-state index in [0.29, 0.717) is 5.02 Å². The molecule has 1 atom stereocenters. The third-order valence-corrected chi connectivity index (χ3v) is 5.03. The van der Waals surface area contributed by atoms with Gasteiger partial charge in [-0.1, -0.05) is 23.2 Å². The van der Waals surface area contributed by atoms with Crippen molar-refractivity contribution in [2.75, 3.05) is 4.72 Å². The molecule has 0 aliphatic rings. The van der Waals surface area contributed by atoms with E-state index in [-0.39, 0.29) is 27.5 Å². The Balaban J connectivity index is 2.31. The molecule has 0 fully saturated rings. The fourth-order valence-electron chi connectivity index (χ4n) is 1.89. The van der Waals surface area contributed by atoms with Gasteiger partial charge < -0.3 is 0 Å². The SMILES string of the molecule is O=CC(c1ccc(NS(=O)(=O)c2ccc(Cl)cc2)cc1Cl)[N+](=O)[O-]. The minimum atomic E-state index is -3.87. The van der Waals surface area contributed by atoms with E-state index >= 15 is 0 Å². The van der Waals surface area contributed by atoms with Crippen LogP contribution in [0.25, 0.3) is 0 Å². The maximum absolute atomic E-state index is 12.2. The lowest BCUT2D eigenvalue weighted by molar-refractivity contribution is -0.511. The molecule has 10 heteroatoms. The van der Waals surface area contributed by atoms with Gasteiger partial charge in [-0.3, -0.25) is 19.6 Å². The second-order valence-electron chi connectivity index (χ2n) is 4.66. The highest BCUT2D eigenvalue weighted by atomic mass is 35.5. The number of carbonyl (C=O) groups excluding carboxylic acids is 1. The minimum Gasteiger partial charge on any atom is -0.295 e. The second kappa shape index (κ2) is 7.16. The molecule has 0 heterocycles. The zero-order chi connectivity index (χ0) is 17.9. The largest absolute Gasteiger partial charge is 0.295 e. The molecule has 0 saturated carbocycles. The summed E-state index contributed by atoms with van der Waals surface area (Å²) in [5.74, 6) is 0. The molecular weight excluding hydrogens is 379 g/mol. The summed E-state index contributed by atoms with van der Waals surface area (Å²) in [5.41, 5.74) is 0.0813. The molecule has 7 nitrogen and oxygen atoms in total. The molecule has 0 radical (unpaired) electrons. The van der Waals surface area contributed by atoms with Crippen molar-refractivity contribution in [3.05, 3.63) is 68.2 Å². The van der Waals surface area contributed by atoms with Crippen LogP contribution in [-0.2, 0) is 14.8 Å². The summed E-state index contributed by atoms with van der Waals surface area (Å²) in [6.07, 6.45) is 0.152. The van der Waals surface area contributed by atoms with Crippen LogP contribution in [0.15, 0.2) is 47.4 Å². The van der Waals surface area contributed by atoms with Crippen molar-refractivity contribution in [3.63, 3.8) is 0 Å². The number of nitrogens with one attached hydrogen (secondary N) is 1. The van der Waals surface area contributed by atoms with Gasteiger partial charge in [0.2, 0.25) is 0 Å². The maximum Gasteiger partial charge on any atom is 0.293 e. The quantitative estimate of drug-likeness (QED) is 0.464. The highest BCUT2D eigenvalue weighted by molar-refractivity contribution is 7.92. The Hall–Kier alpha value is -2.16. The number of aldehydes is 1. The lowest BCUT2D eigenvalue weighted by Gasteiger charge is -2.11. The Bertz CT molecular complexity index is 885. The number of halogens is 2. The number of rotatable bonds is 6. The van der Waals surface area contributed by atoms with E-state index in [9.17, 15) is 23.3 Å². The van der Waals surface area contributed by atoms with Crippen LogP contribution in [0, 0.1) is 10.1 Å². The highest BCUT2D eigenvalue weighted by Gasteiger charge is 2.25. The molecule has 0 aliphatic heterocycles. The van der Waals surface area contributed by atoms with Crippen LogP contribution in [0.3, 0.4) is 0 Å². The third-order valence-electron chi connectivity index (χ3n) is 3.05. The van der Waals surface area contributed by atoms with Gasteiger partial charge in [0.1, 0.15) is 0 Å². The summed E-state index contributed by atoms with van der Waals surface area (Å²) in [4.78, 5) is 20.8. The van der Waals surface area contributed by atoms with Crippen molar-refractivity contribution in [2.24, 2.45) is 0 Å². The average Bonchev–Trinajstić information content (AvgIpc) is 2.50. The summed E-state index contributed by atoms with van der Waals surface area (Å²) in [6.45, 7) is 0. The molecule has 1 unspecified atom stereocenters. The molecule has 24 heavy (non-hydrogen) atoms. The van der Waals surface area contributed by atoms with Gasteiger partial charge in [-0.25, -0.2) is 8.42 Å². The lowest BCUT2D eigenvalue weighted by Crippen LogP contribution is -2.14. The molecule has 0 spiro atoms. The zero-order valence-corrected chi connectivity index (χ0v) is 14.2. The van der Waals surface area contributed by atoms with Crippen molar-refractivity contribution in [1.82, 2.24) is 0 Å². The van der Waals surface area contributed by atoms with Crippen LogP contribution in [0.4, 0.5) is 5.69 Å². The van der Waals surface area contributed by atoms with E-state index in [1.54, 1.807) is 0 Å². The first-order valence-corrected chi connectivity index (χ1v) is 8.65. The van der Waals surface area contributed by atoms with Crippen LogP contribution in [-0.4, -0.2) is 19.6 Å². The van der Waals surface area contributed by atoms with E-state index in [1.165, 1.54) is 42.5 Å². The Morgan fingerprint density at radius 2 is 1.75 bits per heavy atom. The number of nitro groups is 1. The molecule has 2 rings (SSSR count). The molecular formula is C14H10Cl2N2O5S. The second-order valence-corrected chi connectivity index (χ2v) is 7.19. The normalized spacial score (nSPS) is 12.4. The van der Waals surface area contributed by atoms with Gasteiger partial charge in [0.05, 0.1) is 21.2 Å². The number of benzene rings is 2. The molecule has 2 aromatic carbocycles. The van der Waals surface area contributed by atoms with Crippen molar-refractivity contribution < 1.29 is 18.1 Å². The molecule has 0 aromatic heterocycles. The molecule has 0 saturated heterocycles. The average molecular weight is 389 g/mol. The number of hydrogen-bond acceptors (Lipinski definition) is 5. The van der Waals surface area contributed by atoms with Crippen LogP contribution in [0.2, 0.25) is 10.0 Å². The zero-order valence-electron chi connectivity index (χ0n) is 11.8. The summed E-state index contributed by atoms with van der Waals surface area (Å²) >= 11 is 11.6. The standard InChI is InChI=1S/C14H10Cl2N2O5S/c15-9-1-4-11(5-2-9)24(22,23)17-10-3-6-12(13(16)7-10)14(8-19)18(20)21/h1-8,14,17H. The number of sulfonamides is 1. The van der Waals surface area contributed by atoms with Crippen LogP contribution in [0.1, 0.15) is 11.6 Å². The van der Waals surface area contributed by atoms with Crippen LogP contribution in [0.5, 0.6) is 0 Å². The molecule has 0 bridgehead atoms. The topological polar surface area (TPSA) is 106 Å². The van der Waals surface area contributed by atoms with E-state index in [2.05, 4.69) is 4.72 Å². The van der Waals surface area contributed by atoms with E-state index < -0.39 is 21.0 Å². The van der Waals surface area contributed by atoms with Gasteiger partial charge in [-0.15, -0.1) is 0 Å². The number of nitrogens with zero attached hydrogens (tertiary/aromatic N) is 1. The van der Waals surface area contributed by atoms with Crippen molar-refractivity contribution in [3.8, 4) is 0 Å². The molecule has 2 aromatic rings. The Labute approximate surface area is 147 Å². The van der Waals surface area contributed by atoms with Crippen molar-refractivity contribution in [2.45, 2.75) is 10.9 Å². The molecule has 1 N–H and O–H groups in total. The highest BCUT2D eigenvalue weighted by Crippen LogP contribution is 2.28. The van der Waals surface area contributed by atoms with Gasteiger partial charge in [0.25, 0.3) is 16.1 Å². The van der Waals surface area contributed by atoms with Gasteiger partial charge in [-0.2, -0.15) is 0 Å². The molecule has 0 aliphatic carbocycles. The summed E-state index contributed by atoms with van der Waals surface area (Å²) in [5, 5.41) is 11.1. The summed E-state index contributed by atoms with van der Waals surface area (Å²) in [7, 11) is -3.87. The van der Waals surface area contributed by atoms with Gasteiger partial charge in [-0.05, 0) is 42.5 Å². The summed E-state index contributed by atoms with van der Waals surface area (Å²) in [6, 6.07) is 7.62. The number of hydrogen-bond donors (Lipinski definition) is 1. The number of anilines is 1. The fourth-order valence-corrected chi connectivity index (χ4v) is 3.36. The Morgan fingerprint density at radius 1 is 1.12 bits per heavy atom. The lowest BCUT2D eigenvalue weighted by atomic mass is 10.1. The maximum atomic E-state index is 12.2. The predicted molar refractivity (Wildman–Crippen MR) is 89.5 cm³/mol. The Kier molecular flexibility index (Phi) is 5.43. The first kappa shape index (κ1) is 18.2.